The van der Waals surface area contributed by atoms with Crippen LogP contribution in [0.1, 0.15) is 57.1 Å². The van der Waals surface area contributed by atoms with Crippen LogP contribution in [0.25, 0.3) is 0 Å². The van der Waals surface area contributed by atoms with E-state index in [1.54, 1.807) is 0 Å². The van der Waals surface area contributed by atoms with Gasteiger partial charge < -0.3 is 5.32 Å². The summed E-state index contributed by atoms with van der Waals surface area (Å²) < 4.78 is 0. The molecule has 1 heteroatoms. The number of unbranched alkanes of at least 4 members (excludes halogenated alkanes) is 3. The number of hydrogen-bond acceptors (Lipinski definition) is 1. The van der Waals surface area contributed by atoms with E-state index in [9.17, 15) is 0 Å². The van der Waals surface area contributed by atoms with E-state index in [2.05, 4.69) is 44.3 Å². The molecule has 0 aliphatic carbocycles. The van der Waals surface area contributed by atoms with Gasteiger partial charge in [-0.1, -0.05) is 50.8 Å². The summed E-state index contributed by atoms with van der Waals surface area (Å²) in [5.74, 6) is 0. The van der Waals surface area contributed by atoms with E-state index in [-0.39, 0.29) is 0 Å². The maximum Gasteiger partial charge on any atom is 0.0372 e. The van der Waals surface area contributed by atoms with Gasteiger partial charge in [-0.3, -0.25) is 0 Å². The Bertz CT molecular complexity index is 317. The number of benzene rings is 1. The van der Waals surface area contributed by atoms with Gasteiger partial charge in [-0.25, -0.2) is 0 Å². The smallest absolute Gasteiger partial charge is 0.0372 e. The van der Waals surface area contributed by atoms with Gasteiger partial charge in [0.25, 0.3) is 0 Å². The predicted octanol–water partition coefficient (Wildman–Crippen LogP) is 4.94. The first-order valence-electron chi connectivity index (χ1n) is 7.11. The highest BCUT2D eigenvalue weighted by Crippen LogP contribution is 2.19. The van der Waals surface area contributed by atoms with Gasteiger partial charge in [0.05, 0.1) is 0 Å². The van der Waals surface area contributed by atoms with Crippen molar-refractivity contribution in [3.8, 4) is 0 Å². The van der Waals surface area contributed by atoms with Crippen molar-refractivity contribution in [2.75, 3.05) is 11.9 Å². The van der Waals surface area contributed by atoms with E-state index in [1.807, 2.05) is 0 Å². The van der Waals surface area contributed by atoms with Crippen molar-refractivity contribution in [1.29, 1.82) is 0 Å². The molecule has 96 valence electrons. The summed E-state index contributed by atoms with van der Waals surface area (Å²) in [5.41, 5.74) is 4.21. The van der Waals surface area contributed by atoms with Crippen LogP contribution in [0.2, 0.25) is 0 Å². The SMILES string of the molecule is CCCCCNc1ccc(C)cc1CCCC. The van der Waals surface area contributed by atoms with Gasteiger partial charge in [-0.15, -0.1) is 0 Å². The minimum absolute atomic E-state index is 1.11. The predicted molar refractivity (Wildman–Crippen MR) is 77.8 cm³/mol. The van der Waals surface area contributed by atoms with Gasteiger partial charge in [0.15, 0.2) is 0 Å². The molecule has 1 aromatic carbocycles. The van der Waals surface area contributed by atoms with Gasteiger partial charge in [0.2, 0.25) is 0 Å². The first kappa shape index (κ1) is 14.1. The molecule has 1 N–H and O–H groups in total. The fourth-order valence-electron chi connectivity index (χ4n) is 2.07. The average Bonchev–Trinajstić information content (AvgIpc) is 2.34. The van der Waals surface area contributed by atoms with E-state index in [1.165, 1.54) is 55.3 Å². The van der Waals surface area contributed by atoms with Crippen LogP contribution in [0, 0.1) is 6.92 Å². The second kappa shape index (κ2) is 8.16. The van der Waals surface area contributed by atoms with Crippen molar-refractivity contribution < 1.29 is 0 Å². The van der Waals surface area contributed by atoms with E-state index in [0.717, 1.165) is 6.54 Å². The Morgan fingerprint density at radius 2 is 1.76 bits per heavy atom. The molecule has 0 saturated heterocycles. The van der Waals surface area contributed by atoms with Crippen LogP contribution in [0.5, 0.6) is 0 Å². The molecule has 0 bridgehead atoms. The molecular formula is C16H27N. The Kier molecular flexibility index (Phi) is 6.76. The van der Waals surface area contributed by atoms with Crippen LogP contribution in [0.4, 0.5) is 5.69 Å². The van der Waals surface area contributed by atoms with Crippen LogP contribution in [-0.2, 0) is 6.42 Å². The standard InChI is InChI=1S/C16H27N/c1-4-6-8-12-17-16-11-10-14(3)13-15(16)9-7-5-2/h10-11,13,17H,4-9,12H2,1-3H3. The molecule has 1 aromatic rings. The molecule has 0 atom stereocenters. The van der Waals surface area contributed by atoms with Crippen molar-refractivity contribution in [1.82, 2.24) is 0 Å². The minimum Gasteiger partial charge on any atom is -0.385 e. The third-order valence-corrected chi connectivity index (χ3v) is 3.16. The molecule has 17 heavy (non-hydrogen) atoms. The Labute approximate surface area is 107 Å². The lowest BCUT2D eigenvalue weighted by molar-refractivity contribution is 0.741. The topological polar surface area (TPSA) is 12.0 Å². The van der Waals surface area contributed by atoms with Crippen LogP contribution in [-0.4, -0.2) is 6.54 Å². The fourth-order valence-corrected chi connectivity index (χ4v) is 2.07. The summed E-state index contributed by atoms with van der Waals surface area (Å²) in [4.78, 5) is 0. The first-order chi connectivity index (χ1) is 8.27. The third kappa shape index (κ3) is 5.25. The Morgan fingerprint density at radius 1 is 1.00 bits per heavy atom. The molecule has 0 fully saturated rings. The molecule has 0 aromatic heterocycles. The monoisotopic (exact) mass is 233 g/mol. The van der Waals surface area contributed by atoms with Crippen LogP contribution >= 0.6 is 0 Å². The van der Waals surface area contributed by atoms with E-state index in [4.69, 9.17) is 0 Å². The Hall–Kier alpha value is -0.980. The number of aryl methyl sites for hydroxylation is 2. The van der Waals surface area contributed by atoms with Crippen molar-refractivity contribution in [2.45, 2.75) is 59.3 Å². The first-order valence-corrected chi connectivity index (χ1v) is 7.11. The molecule has 0 aliphatic rings. The van der Waals surface area contributed by atoms with Gasteiger partial charge in [-0.2, -0.15) is 0 Å². The normalized spacial score (nSPS) is 10.5. The lowest BCUT2D eigenvalue weighted by Gasteiger charge is -2.12. The van der Waals surface area contributed by atoms with Crippen LogP contribution < -0.4 is 5.32 Å². The van der Waals surface area contributed by atoms with Crippen molar-refractivity contribution in [2.24, 2.45) is 0 Å². The van der Waals surface area contributed by atoms with Gasteiger partial charge in [0.1, 0.15) is 0 Å². The van der Waals surface area contributed by atoms with Gasteiger partial charge >= 0.3 is 0 Å². The average molecular weight is 233 g/mol. The molecule has 0 aliphatic heterocycles. The highest BCUT2D eigenvalue weighted by Gasteiger charge is 2.01. The molecule has 0 saturated carbocycles. The van der Waals surface area contributed by atoms with Gasteiger partial charge in [-0.05, 0) is 37.8 Å². The van der Waals surface area contributed by atoms with E-state index >= 15 is 0 Å². The van der Waals surface area contributed by atoms with Gasteiger partial charge in [0, 0.05) is 12.2 Å². The number of nitrogens with one attached hydrogen (secondary N) is 1. The molecule has 0 amide bonds. The van der Waals surface area contributed by atoms with Crippen LogP contribution in [0.3, 0.4) is 0 Å². The molecular weight excluding hydrogens is 206 g/mol. The molecule has 0 heterocycles. The molecule has 1 rings (SSSR count). The van der Waals surface area contributed by atoms with E-state index in [0.29, 0.717) is 0 Å². The van der Waals surface area contributed by atoms with Crippen molar-refractivity contribution in [3.05, 3.63) is 29.3 Å². The highest BCUT2D eigenvalue weighted by atomic mass is 14.9. The third-order valence-electron chi connectivity index (χ3n) is 3.16. The summed E-state index contributed by atoms with van der Waals surface area (Å²) in [6.45, 7) is 7.79. The highest BCUT2D eigenvalue weighted by molar-refractivity contribution is 5.52. The Balaban J connectivity index is 2.55. The lowest BCUT2D eigenvalue weighted by atomic mass is 10.0. The maximum absolute atomic E-state index is 3.58. The van der Waals surface area contributed by atoms with Crippen LogP contribution in [0.15, 0.2) is 18.2 Å². The molecule has 0 radical (unpaired) electrons. The summed E-state index contributed by atoms with van der Waals surface area (Å²) in [6, 6.07) is 6.78. The molecule has 0 spiro atoms. The van der Waals surface area contributed by atoms with E-state index < -0.39 is 0 Å². The zero-order valence-corrected chi connectivity index (χ0v) is 11.7. The molecule has 1 nitrogen and oxygen atoms in total. The number of hydrogen-bond donors (Lipinski definition) is 1. The number of rotatable bonds is 8. The maximum atomic E-state index is 3.58. The number of anilines is 1. The van der Waals surface area contributed by atoms with Crippen molar-refractivity contribution >= 4 is 5.69 Å². The Morgan fingerprint density at radius 3 is 2.47 bits per heavy atom. The summed E-state index contributed by atoms with van der Waals surface area (Å²) >= 11 is 0. The zero-order chi connectivity index (χ0) is 12.5. The zero-order valence-electron chi connectivity index (χ0n) is 11.7. The quantitative estimate of drug-likeness (QED) is 0.627. The molecule has 0 unspecified atom stereocenters. The van der Waals surface area contributed by atoms with Crippen molar-refractivity contribution in [3.63, 3.8) is 0 Å². The summed E-state index contributed by atoms with van der Waals surface area (Å²) in [6.07, 6.45) is 7.64. The largest absolute Gasteiger partial charge is 0.385 e. The fraction of sp³-hybridized carbons (Fsp3) is 0.625. The summed E-state index contributed by atoms with van der Waals surface area (Å²) in [7, 11) is 0. The summed E-state index contributed by atoms with van der Waals surface area (Å²) in [5, 5.41) is 3.58. The lowest BCUT2D eigenvalue weighted by Crippen LogP contribution is -2.04. The second-order valence-electron chi connectivity index (χ2n) is 4.90. The second-order valence-corrected chi connectivity index (χ2v) is 4.90. The minimum atomic E-state index is 1.11.